The van der Waals surface area contributed by atoms with Gasteiger partial charge in [0.25, 0.3) is 10.0 Å². The Hall–Kier alpha value is -2.70. The smallest absolute Gasteiger partial charge is 0.407 e. The van der Waals surface area contributed by atoms with Crippen LogP contribution in [0.4, 0.5) is 4.79 Å². The number of aliphatic hydroxyl groups is 1. The zero-order valence-electron chi connectivity index (χ0n) is 21.6. The van der Waals surface area contributed by atoms with Gasteiger partial charge in [0.15, 0.2) is 0 Å². The number of nitrogens with zero attached hydrogens (tertiary/aromatic N) is 1. The summed E-state index contributed by atoms with van der Waals surface area (Å²) in [5, 5.41) is 13.9. The number of sulfonamides is 1. The largest absolute Gasteiger partial charge is 0.497 e. The van der Waals surface area contributed by atoms with E-state index in [1.807, 2.05) is 30.3 Å². The number of methoxy groups -OCH3 is 1. The van der Waals surface area contributed by atoms with Crippen molar-refractivity contribution in [3.63, 3.8) is 0 Å². The molecule has 2 aromatic carbocycles. The molecule has 11 heteroatoms. The number of nitrogens with one attached hydrogen (secondary N) is 1. The molecular weight excluding hydrogens is 500 g/mol. The van der Waals surface area contributed by atoms with Gasteiger partial charge in [0.05, 0.1) is 37.3 Å². The van der Waals surface area contributed by atoms with Crippen molar-refractivity contribution in [3.8, 4) is 5.75 Å². The molecule has 2 N–H and O–H groups in total. The van der Waals surface area contributed by atoms with Gasteiger partial charge in [-0.15, -0.1) is 0 Å². The second-order valence-electron chi connectivity index (χ2n) is 9.77. The van der Waals surface area contributed by atoms with Gasteiger partial charge in [0, 0.05) is 13.0 Å². The van der Waals surface area contributed by atoms with Crippen LogP contribution in [-0.4, -0.2) is 74.8 Å². The van der Waals surface area contributed by atoms with Gasteiger partial charge in [-0.1, -0.05) is 34.8 Å². The summed E-state index contributed by atoms with van der Waals surface area (Å²) in [4.78, 5) is 18.4. The molecule has 10 nitrogen and oxygen atoms in total. The minimum Gasteiger partial charge on any atom is -0.497 e. The van der Waals surface area contributed by atoms with Crippen molar-refractivity contribution in [1.29, 1.82) is 0 Å². The van der Waals surface area contributed by atoms with E-state index in [1.165, 1.54) is 31.4 Å². The van der Waals surface area contributed by atoms with Crippen LogP contribution in [0.15, 0.2) is 59.5 Å². The SMILES string of the molecule is COc1ccc(S(=O)(=O)N(C[C@@H](O)[C@H](Cc2ccccc2)NC(=O)OC(C)(C)C)OC2CCOC2)cc1. The number of hydrogen-bond acceptors (Lipinski definition) is 8. The summed E-state index contributed by atoms with van der Waals surface area (Å²) in [7, 11) is -2.69. The van der Waals surface area contributed by atoms with E-state index in [2.05, 4.69) is 5.32 Å². The molecule has 1 aliphatic heterocycles. The van der Waals surface area contributed by atoms with Crippen molar-refractivity contribution in [1.82, 2.24) is 9.79 Å². The fraction of sp³-hybridized carbons (Fsp3) is 0.500. The number of carbonyl (C=O) groups is 1. The summed E-state index contributed by atoms with van der Waals surface area (Å²) in [5.74, 6) is 0.500. The van der Waals surface area contributed by atoms with Crippen molar-refractivity contribution in [2.24, 2.45) is 0 Å². The maximum absolute atomic E-state index is 13.5. The number of hydrogen-bond donors (Lipinski definition) is 2. The lowest BCUT2D eigenvalue weighted by Crippen LogP contribution is -2.52. The molecule has 1 fully saturated rings. The van der Waals surface area contributed by atoms with Gasteiger partial charge >= 0.3 is 6.09 Å². The van der Waals surface area contributed by atoms with Crippen LogP contribution in [0.2, 0.25) is 0 Å². The van der Waals surface area contributed by atoms with Crippen molar-refractivity contribution in [2.45, 2.75) is 62.4 Å². The van der Waals surface area contributed by atoms with Gasteiger partial charge in [-0.05, 0) is 57.0 Å². The first-order valence-corrected chi connectivity index (χ1v) is 13.5. The Balaban J connectivity index is 1.86. The van der Waals surface area contributed by atoms with Crippen LogP contribution in [0.5, 0.6) is 5.75 Å². The fourth-order valence-corrected chi connectivity index (χ4v) is 5.01. The lowest BCUT2D eigenvalue weighted by molar-refractivity contribution is -0.147. The molecule has 2 aromatic rings. The van der Waals surface area contributed by atoms with E-state index in [0.29, 0.717) is 18.8 Å². The number of alkyl carbamates (subject to hydrolysis) is 1. The maximum Gasteiger partial charge on any atom is 0.407 e. The average molecular weight is 537 g/mol. The number of rotatable bonds is 11. The zero-order chi connectivity index (χ0) is 27.1. The Morgan fingerprint density at radius 3 is 2.41 bits per heavy atom. The van der Waals surface area contributed by atoms with Gasteiger partial charge < -0.3 is 24.6 Å². The third kappa shape index (κ3) is 8.68. The first kappa shape index (κ1) is 28.9. The fourth-order valence-electron chi connectivity index (χ4n) is 3.72. The number of benzene rings is 2. The maximum atomic E-state index is 13.5. The number of hydroxylamine groups is 1. The highest BCUT2D eigenvalue weighted by Gasteiger charge is 2.35. The number of ether oxygens (including phenoxy) is 3. The van der Waals surface area contributed by atoms with Crippen LogP contribution in [0.1, 0.15) is 32.8 Å². The summed E-state index contributed by atoms with van der Waals surface area (Å²) in [6.07, 6.45) is -1.80. The molecule has 0 radical (unpaired) electrons. The number of carbonyl (C=O) groups excluding carboxylic acids is 1. The molecular formula is C26H36N2O8S. The lowest BCUT2D eigenvalue weighted by atomic mass is 10.0. The molecule has 37 heavy (non-hydrogen) atoms. The molecule has 1 saturated heterocycles. The molecule has 3 atom stereocenters. The predicted molar refractivity (Wildman–Crippen MR) is 137 cm³/mol. The summed E-state index contributed by atoms with van der Waals surface area (Å²) in [6, 6.07) is 14.3. The highest BCUT2D eigenvalue weighted by Crippen LogP contribution is 2.23. The topological polar surface area (TPSA) is 124 Å². The molecule has 204 valence electrons. The third-order valence-electron chi connectivity index (χ3n) is 5.58. The van der Waals surface area contributed by atoms with Gasteiger partial charge in [-0.3, -0.25) is 4.84 Å². The highest BCUT2D eigenvalue weighted by atomic mass is 32.2. The van der Waals surface area contributed by atoms with Gasteiger partial charge in [0.2, 0.25) is 0 Å². The summed E-state index contributed by atoms with van der Waals surface area (Å²) < 4.78 is 43.7. The number of amides is 1. The first-order chi connectivity index (χ1) is 17.5. The van der Waals surface area contributed by atoms with E-state index < -0.39 is 46.5 Å². The second kappa shape index (κ2) is 12.7. The van der Waals surface area contributed by atoms with Crippen LogP contribution in [0.3, 0.4) is 0 Å². The molecule has 0 bridgehead atoms. The monoisotopic (exact) mass is 536 g/mol. The Bertz CT molecular complexity index is 1100. The second-order valence-corrected chi connectivity index (χ2v) is 11.6. The van der Waals surface area contributed by atoms with Crippen molar-refractivity contribution >= 4 is 16.1 Å². The van der Waals surface area contributed by atoms with Crippen LogP contribution in [0, 0.1) is 0 Å². The standard InChI is InChI=1S/C26H36N2O8S/c1-26(2,3)35-25(30)27-23(16-19-8-6-5-7-9-19)24(29)17-28(36-21-14-15-34-18-21)37(31,32)22-12-10-20(33-4)11-13-22/h5-13,21,23-24,29H,14-18H2,1-4H3,(H,27,30)/t21?,23-,24+/m0/s1. The van der Waals surface area contributed by atoms with Crippen LogP contribution in [0.25, 0.3) is 0 Å². The Labute approximate surface area is 218 Å². The molecule has 0 aromatic heterocycles. The summed E-state index contributed by atoms with van der Waals surface area (Å²) in [6.45, 7) is 5.44. The van der Waals surface area contributed by atoms with E-state index in [-0.39, 0.29) is 17.9 Å². The molecule has 1 heterocycles. The van der Waals surface area contributed by atoms with Crippen LogP contribution >= 0.6 is 0 Å². The highest BCUT2D eigenvalue weighted by molar-refractivity contribution is 7.89. The third-order valence-corrected chi connectivity index (χ3v) is 7.22. The Morgan fingerprint density at radius 2 is 1.84 bits per heavy atom. The average Bonchev–Trinajstić information content (AvgIpc) is 3.36. The molecule has 1 aliphatic rings. The van der Waals surface area contributed by atoms with Crippen molar-refractivity contribution in [3.05, 3.63) is 60.2 Å². The predicted octanol–water partition coefficient (Wildman–Crippen LogP) is 2.90. The van der Waals surface area contributed by atoms with Crippen LogP contribution in [-0.2, 0) is 30.8 Å². The molecule has 1 amide bonds. The Kier molecular flexibility index (Phi) is 9.91. The summed E-state index contributed by atoms with van der Waals surface area (Å²) in [5.41, 5.74) is 0.0963. The molecule has 3 rings (SSSR count). The molecule has 0 aliphatic carbocycles. The molecule has 1 unspecified atom stereocenters. The zero-order valence-corrected chi connectivity index (χ0v) is 22.4. The molecule has 0 spiro atoms. The lowest BCUT2D eigenvalue weighted by Gasteiger charge is -2.31. The minimum atomic E-state index is -4.18. The van der Waals surface area contributed by atoms with E-state index in [4.69, 9.17) is 19.0 Å². The van der Waals surface area contributed by atoms with E-state index in [9.17, 15) is 18.3 Å². The van der Waals surface area contributed by atoms with Crippen LogP contribution < -0.4 is 10.1 Å². The van der Waals surface area contributed by atoms with Crippen molar-refractivity contribution < 1.29 is 37.4 Å². The van der Waals surface area contributed by atoms with E-state index in [0.717, 1.165) is 10.0 Å². The normalized spacial score (nSPS) is 17.8. The van der Waals surface area contributed by atoms with E-state index >= 15 is 0 Å². The quantitative estimate of drug-likeness (QED) is 0.420. The van der Waals surface area contributed by atoms with Gasteiger partial charge in [-0.25, -0.2) is 13.2 Å². The number of aliphatic hydroxyl groups excluding tert-OH is 1. The van der Waals surface area contributed by atoms with Gasteiger partial charge in [0.1, 0.15) is 17.5 Å². The van der Waals surface area contributed by atoms with E-state index in [1.54, 1.807) is 20.8 Å². The molecule has 0 saturated carbocycles. The van der Waals surface area contributed by atoms with Gasteiger partial charge in [-0.2, -0.15) is 0 Å². The minimum absolute atomic E-state index is 0.0286. The Morgan fingerprint density at radius 1 is 1.16 bits per heavy atom. The summed E-state index contributed by atoms with van der Waals surface area (Å²) >= 11 is 0. The first-order valence-electron chi connectivity index (χ1n) is 12.1. The van der Waals surface area contributed by atoms with Crippen molar-refractivity contribution in [2.75, 3.05) is 26.9 Å².